The van der Waals surface area contributed by atoms with Gasteiger partial charge in [0.25, 0.3) is 0 Å². The van der Waals surface area contributed by atoms with Crippen LogP contribution in [0.25, 0.3) is 0 Å². The average Bonchev–Trinajstić information content (AvgIpc) is 2.50. The van der Waals surface area contributed by atoms with E-state index in [4.69, 9.17) is 14.2 Å². The van der Waals surface area contributed by atoms with Crippen LogP contribution in [0.3, 0.4) is 0 Å². The number of hydrogen-bond donors (Lipinski definition) is 1. The zero-order chi connectivity index (χ0) is 16.5. The number of carboxylic acid groups (broad SMARTS) is 1. The summed E-state index contributed by atoms with van der Waals surface area (Å²) in [6, 6.07) is 2.52. The van der Waals surface area contributed by atoms with Crippen molar-refractivity contribution in [3.63, 3.8) is 0 Å². The number of hydrogen-bond acceptors (Lipinski definition) is 5. The Morgan fingerprint density at radius 1 is 1.05 bits per heavy atom. The van der Waals surface area contributed by atoms with E-state index >= 15 is 0 Å². The van der Waals surface area contributed by atoms with E-state index in [0.717, 1.165) is 0 Å². The Balaban J connectivity index is 3.42. The first-order chi connectivity index (χ1) is 10.5. The highest BCUT2D eigenvalue weighted by Gasteiger charge is 2.21. The molecule has 0 bridgehead atoms. The third-order valence-corrected chi connectivity index (χ3v) is 2.47. The molecule has 0 amide bonds. The van der Waals surface area contributed by atoms with Crippen molar-refractivity contribution in [1.29, 1.82) is 0 Å². The number of allylic oxidation sites excluding steroid dienone is 2. The van der Waals surface area contributed by atoms with Gasteiger partial charge in [0.1, 0.15) is 22.6 Å². The molecule has 0 heterocycles. The Bertz CT molecular complexity index is 601. The largest absolute Gasteiger partial charge is 0.478 e. The standard InChI is InChI=1S/C16H18O6/c1-4-7-21-13-10-12(16(19)20-6-3)14(22-8-5-2)9-11(13)15(17)18/h4-5,7-10H,6H2,1-3H3,(H,17,18). The predicted molar refractivity (Wildman–Crippen MR) is 80.2 cm³/mol. The average molecular weight is 306 g/mol. The Labute approximate surface area is 128 Å². The molecule has 0 aliphatic heterocycles. The van der Waals surface area contributed by atoms with Gasteiger partial charge in [0, 0.05) is 0 Å². The summed E-state index contributed by atoms with van der Waals surface area (Å²) in [7, 11) is 0. The monoisotopic (exact) mass is 306 g/mol. The second-order valence-corrected chi connectivity index (χ2v) is 4.04. The highest BCUT2D eigenvalue weighted by molar-refractivity contribution is 5.98. The Hall–Kier alpha value is -2.76. The molecule has 22 heavy (non-hydrogen) atoms. The predicted octanol–water partition coefficient (Wildman–Crippen LogP) is 3.39. The fraction of sp³-hybridized carbons (Fsp3) is 0.250. The van der Waals surface area contributed by atoms with Crippen LogP contribution in [0, 0.1) is 0 Å². The number of rotatable bonds is 7. The van der Waals surface area contributed by atoms with Crippen LogP contribution in [0.2, 0.25) is 0 Å². The number of esters is 1. The molecule has 0 aliphatic rings. The lowest BCUT2D eigenvalue weighted by atomic mass is 10.1. The van der Waals surface area contributed by atoms with Crippen molar-refractivity contribution in [2.75, 3.05) is 6.61 Å². The summed E-state index contributed by atoms with van der Waals surface area (Å²) >= 11 is 0. The fourth-order valence-corrected chi connectivity index (χ4v) is 1.57. The molecule has 0 saturated carbocycles. The highest BCUT2D eigenvalue weighted by Crippen LogP contribution is 2.30. The smallest absolute Gasteiger partial charge is 0.342 e. The number of carboxylic acids is 1. The van der Waals surface area contributed by atoms with Gasteiger partial charge in [-0.05, 0) is 32.9 Å². The highest BCUT2D eigenvalue weighted by atomic mass is 16.5. The first-order valence-electron chi connectivity index (χ1n) is 6.69. The van der Waals surface area contributed by atoms with Gasteiger partial charge in [0.2, 0.25) is 0 Å². The summed E-state index contributed by atoms with van der Waals surface area (Å²) in [4.78, 5) is 23.3. The van der Waals surface area contributed by atoms with Gasteiger partial charge in [-0.15, -0.1) is 0 Å². The maximum Gasteiger partial charge on any atom is 0.342 e. The van der Waals surface area contributed by atoms with Gasteiger partial charge < -0.3 is 19.3 Å². The van der Waals surface area contributed by atoms with Crippen LogP contribution in [-0.2, 0) is 4.74 Å². The minimum Gasteiger partial charge on any atom is -0.478 e. The molecule has 0 saturated heterocycles. The van der Waals surface area contributed by atoms with Crippen molar-refractivity contribution in [2.45, 2.75) is 20.8 Å². The third-order valence-electron chi connectivity index (χ3n) is 2.47. The summed E-state index contributed by atoms with van der Waals surface area (Å²) in [5.74, 6) is -1.70. The summed E-state index contributed by atoms with van der Waals surface area (Å²) in [5.41, 5.74) is -0.0323. The van der Waals surface area contributed by atoms with Crippen molar-refractivity contribution < 1.29 is 28.9 Å². The topological polar surface area (TPSA) is 82.1 Å². The quantitative estimate of drug-likeness (QED) is 0.614. The second kappa shape index (κ2) is 8.51. The molecule has 118 valence electrons. The third kappa shape index (κ3) is 4.37. The van der Waals surface area contributed by atoms with Gasteiger partial charge in [-0.25, -0.2) is 9.59 Å². The van der Waals surface area contributed by atoms with Crippen LogP contribution < -0.4 is 9.47 Å². The molecule has 0 aromatic heterocycles. The first kappa shape index (κ1) is 17.3. The molecule has 0 aliphatic carbocycles. The Morgan fingerprint density at radius 3 is 2.00 bits per heavy atom. The molecule has 0 atom stereocenters. The van der Waals surface area contributed by atoms with Gasteiger partial charge in [-0.3, -0.25) is 0 Å². The lowest BCUT2D eigenvalue weighted by Crippen LogP contribution is -2.09. The SMILES string of the molecule is CC=COc1cc(C(=O)OCC)c(OC=CC)cc1C(=O)O. The molecule has 0 radical (unpaired) electrons. The van der Waals surface area contributed by atoms with Crippen LogP contribution in [0.5, 0.6) is 11.5 Å². The van der Waals surface area contributed by atoms with Crippen LogP contribution in [0.1, 0.15) is 41.5 Å². The zero-order valence-corrected chi connectivity index (χ0v) is 12.7. The lowest BCUT2D eigenvalue weighted by Gasteiger charge is -2.12. The Morgan fingerprint density at radius 2 is 1.55 bits per heavy atom. The summed E-state index contributed by atoms with van der Waals surface area (Å²) in [6.07, 6.45) is 5.87. The fourth-order valence-electron chi connectivity index (χ4n) is 1.57. The number of carbonyl (C=O) groups is 2. The van der Waals surface area contributed by atoms with E-state index in [1.54, 1.807) is 32.9 Å². The van der Waals surface area contributed by atoms with Crippen LogP contribution in [-0.4, -0.2) is 23.7 Å². The maximum absolute atomic E-state index is 12.0. The first-order valence-corrected chi connectivity index (χ1v) is 6.69. The number of ether oxygens (including phenoxy) is 3. The zero-order valence-electron chi connectivity index (χ0n) is 12.7. The van der Waals surface area contributed by atoms with Crippen molar-refractivity contribution in [3.05, 3.63) is 47.9 Å². The molecule has 1 aromatic rings. The van der Waals surface area contributed by atoms with Crippen molar-refractivity contribution in [1.82, 2.24) is 0 Å². The summed E-state index contributed by atoms with van der Waals surface area (Å²) < 4.78 is 15.5. The van der Waals surface area contributed by atoms with E-state index in [2.05, 4.69) is 0 Å². The van der Waals surface area contributed by atoms with Gasteiger partial charge in [0.15, 0.2) is 0 Å². The van der Waals surface area contributed by atoms with E-state index in [-0.39, 0.29) is 29.2 Å². The molecule has 6 nitrogen and oxygen atoms in total. The molecule has 1 rings (SSSR count). The number of benzene rings is 1. The molecule has 0 fully saturated rings. The second-order valence-electron chi connectivity index (χ2n) is 4.04. The molecule has 6 heteroatoms. The van der Waals surface area contributed by atoms with Crippen molar-refractivity contribution in [3.8, 4) is 11.5 Å². The van der Waals surface area contributed by atoms with Crippen LogP contribution >= 0.6 is 0 Å². The lowest BCUT2D eigenvalue weighted by molar-refractivity contribution is 0.0521. The van der Waals surface area contributed by atoms with E-state index in [0.29, 0.717) is 0 Å². The van der Waals surface area contributed by atoms with Crippen LogP contribution in [0.15, 0.2) is 36.8 Å². The van der Waals surface area contributed by atoms with E-state index in [1.807, 2.05) is 0 Å². The summed E-state index contributed by atoms with van der Waals surface area (Å²) in [5, 5.41) is 9.25. The van der Waals surface area contributed by atoms with Gasteiger partial charge in [-0.2, -0.15) is 0 Å². The Kier molecular flexibility index (Phi) is 6.69. The number of carbonyl (C=O) groups excluding carboxylic acids is 1. The molecular formula is C16H18O6. The van der Waals surface area contributed by atoms with Crippen molar-refractivity contribution in [2.24, 2.45) is 0 Å². The van der Waals surface area contributed by atoms with E-state index in [9.17, 15) is 14.7 Å². The minimum atomic E-state index is -1.19. The maximum atomic E-state index is 12.0. The molecule has 1 aromatic carbocycles. The molecule has 0 unspecified atom stereocenters. The molecular weight excluding hydrogens is 288 g/mol. The van der Waals surface area contributed by atoms with E-state index < -0.39 is 11.9 Å². The van der Waals surface area contributed by atoms with Gasteiger partial charge >= 0.3 is 11.9 Å². The minimum absolute atomic E-state index is 0.0291. The molecule has 1 N–H and O–H groups in total. The summed E-state index contributed by atoms with van der Waals surface area (Å²) in [6.45, 7) is 5.31. The normalized spacial score (nSPS) is 10.9. The van der Waals surface area contributed by atoms with Crippen LogP contribution in [0.4, 0.5) is 0 Å². The van der Waals surface area contributed by atoms with Gasteiger partial charge in [-0.1, -0.05) is 12.2 Å². The van der Waals surface area contributed by atoms with Gasteiger partial charge in [0.05, 0.1) is 19.1 Å². The molecule has 0 spiro atoms. The van der Waals surface area contributed by atoms with E-state index in [1.165, 1.54) is 24.7 Å². The number of aromatic carboxylic acids is 1. The van der Waals surface area contributed by atoms with Crippen molar-refractivity contribution >= 4 is 11.9 Å².